The van der Waals surface area contributed by atoms with Crippen LogP contribution in [0.4, 0.5) is 0 Å². The summed E-state index contributed by atoms with van der Waals surface area (Å²) in [4.78, 5) is 20.3. The minimum Gasteiger partial charge on any atom is -0.383 e. The Kier molecular flexibility index (Phi) is 5.57. The van der Waals surface area contributed by atoms with Gasteiger partial charge in [0, 0.05) is 25.2 Å². The number of hydrogen-bond donors (Lipinski definition) is 1. The highest BCUT2D eigenvalue weighted by Gasteiger charge is 2.11. The summed E-state index contributed by atoms with van der Waals surface area (Å²) in [5.41, 5.74) is 1.40. The van der Waals surface area contributed by atoms with Gasteiger partial charge in [-0.15, -0.1) is 11.3 Å². The Hall–Kier alpha value is -1.38. The summed E-state index contributed by atoms with van der Waals surface area (Å²) in [6.45, 7) is 1.75. The second kappa shape index (κ2) is 7.41. The number of nitrogens with one attached hydrogen (secondary N) is 1. The van der Waals surface area contributed by atoms with Gasteiger partial charge < -0.3 is 14.6 Å². The van der Waals surface area contributed by atoms with E-state index in [0.29, 0.717) is 18.8 Å². The molecule has 0 bridgehead atoms. The van der Waals surface area contributed by atoms with Crippen LogP contribution in [0.1, 0.15) is 16.2 Å². The van der Waals surface area contributed by atoms with E-state index in [2.05, 4.69) is 15.3 Å². The van der Waals surface area contributed by atoms with E-state index in [1.165, 1.54) is 23.1 Å². The first-order chi connectivity index (χ1) is 9.74. The van der Waals surface area contributed by atoms with Crippen molar-refractivity contribution in [2.75, 3.05) is 20.0 Å². The minimum atomic E-state index is -0.166. The van der Waals surface area contributed by atoms with Crippen molar-refractivity contribution in [2.24, 2.45) is 0 Å². The summed E-state index contributed by atoms with van der Waals surface area (Å²) in [6.07, 6.45) is 5.41. The number of carbonyl (C=O) groups is 1. The molecule has 0 atom stereocenters. The fraction of sp³-hybridized carbons (Fsp3) is 0.417. The van der Waals surface area contributed by atoms with Crippen LogP contribution in [0, 0.1) is 0 Å². The number of hydrogen-bond acceptors (Lipinski definition) is 6. The van der Waals surface area contributed by atoms with Crippen molar-refractivity contribution in [3.05, 3.63) is 29.3 Å². The van der Waals surface area contributed by atoms with E-state index >= 15 is 0 Å². The van der Waals surface area contributed by atoms with Crippen LogP contribution in [0.2, 0.25) is 0 Å². The lowest BCUT2D eigenvalue weighted by Crippen LogP contribution is -2.24. The highest BCUT2D eigenvalue weighted by atomic mass is 32.2. The molecule has 2 rings (SSSR count). The van der Waals surface area contributed by atoms with Crippen LogP contribution >= 0.6 is 23.1 Å². The largest absolute Gasteiger partial charge is 0.383 e. The molecule has 108 valence electrons. The van der Waals surface area contributed by atoms with Crippen molar-refractivity contribution < 1.29 is 9.53 Å². The molecule has 0 saturated heterocycles. The third kappa shape index (κ3) is 3.81. The first-order valence-electron chi connectivity index (χ1n) is 6.00. The van der Waals surface area contributed by atoms with Gasteiger partial charge in [-0.25, -0.2) is 9.97 Å². The number of aromatic nitrogens is 3. The lowest BCUT2D eigenvalue weighted by Gasteiger charge is -2.08. The first-order valence-corrected chi connectivity index (χ1v) is 8.10. The predicted molar refractivity (Wildman–Crippen MR) is 79.2 cm³/mol. The van der Waals surface area contributed by atoms with Crippen LogP contribution in [0.3, 0.4) is 0 Å². The zero-order chi connectivity index (χ0) is 14.4. The zero-order valence-corrected chi connectivity index (χ0v) is 13.0. The third-order valence-electron chi connectivity index (χ3n) is 2.66. The number of rotatable bonds is 7. The van der Waals surface area contributed by atoms with E-state index in [0.717, 1.165) is 16.6 Å². The highest BCUT2D eigenvalue weighted by molar-refractivity contribution is 8.00. The van der Waals surface area contributed by atoms with E-state index < -0.39 is 0 Å². The summed E-state index contributed by atoms with van der Waals surface area (Å²) >= 11 is 3.01. The maximum atomic E-state index is 12.0. The molecule has 0 aromatic carbocycles. The molecule has 0 aliphatic heterocycles. The SMILES string of the molecule is COCCn1cncc1CNC(=O)c1csc(SC)n1. The second-order valence-electron chi connectivity index (χ2n) is 3.96. The molecule has 0 aliphatic rings. The Balaban J connectivity index is 1.91. The molecule has 0 saturated carbocycles. The Labute approximate surface area is 125 Å². The number of thiazole rings is 1. The molecule has 1 N–H and O–H groups in total. The van der Waals surface area contributed by atoms with Crippen LogP contribution in [0.5, 0.6) is 0 Å². The van der Waals surface area contributed by atoms with Gasteiger partial charge in [0.2, 0.25) is 0 Å². The second-order valence-corrected chi connectivity index (χ2v) is 5.87. The summed E-state index contributed by atoms with van der Waals surface area (Å²) in [5, 5.41) is 4.62. The maximum absolute atomic E-state index is 12.0. The molecule has 2 heterocycles. The Bertz CT molecular complexity index is 567. The summed E-state index contributed by atoms with van der Waals surface area (Å²) in [5.74, 6) is -0.166. The Morgan fingerprint density at radius 3 is 3.15 bits per heavy atom. The highest BCUT2D eigenvalue weighted by Crippen LogP contribution is 2.19. The average Bonchev–Trinajstić information content (AvgIpc) is 3.11. The molecular formula is C12H16N4O2S2. The molecule has 0 unspecified atom stereocenters. The van der Waals surface area contributed by atoms with Gasteiger partial charge in [-0.05, 0) is 6.26 Å². The fourth-order valence-electron chi connectivity index (χ4n) is 1.60. The molecule has 2 aromatic rings. The quantitative estimate of drug-likeness (QED) is 0.787. The van der Waals surface area contributed by atoms with Crippen LogP contribution in [-0.4, -0.2) is 40.4 Å². The molecule has 6 nitrogen and oxygen atoms in total. The molecule has 0 radical (unpaired) electrons. The summed E-state index contributed by atoms with van der Waals surface area (Å²) in [6, 6.07) is 0. The van der Waals surface area contributed by atoms with E-state index in [4.69, 9.17) is 4.74 Å². The molecule has 0 fully saturated rings. The normalized spacial score (nSPS) is 10.7. The Morgan fingerprint density at radius 2 is 2.45 bits per heavy atom. The van der Waals surface area contributed by atoms with Gasteiger partial charge in [0.15, 0.2) is 0 Å². The topological polar surface area (TPSA) is 69.0 Å². The van der Waals surface area contributed by atoms with Gasteiger partial charge in [0.05, 0.1) is 25.2 Å². The first kappa shape index (κ1) is 15.0. The van der Waals surface area contributed by atoms with Crippen molar-refractivity contribution in [1.82, 2.24) is 19.9 Å². The summed E-state index contributed by atoms with van der Waals surface area (Å²) in [7, 11) is 1.66. The van der Waals surface area contributed by atoms with Crippen molar-refractivity contribution in [1.29, 1.82) is 0 Å². The van der Waals surface area contributed by atoms with Gasteiger partial charge in [-0.1, -0.05) is 11.8 Å². The van der Waals surface area contributed by atoms with Crippen molar-refractivity contribution in [3.63, 3.8) is 0 Å². The van der Waals surface area contributed by atoms with E-state index in [1.54, 1.807) is 25.0 Å². The fourth-order valence-corrected chi connectivity index (χ4v) is 2.85. The molecule has 0 spiro atoms. The van der Waals surface area contributed by atoms with Crippen molar-refractivity contribution >= 4 is 29.0 Å². The van der Waals surface area contributed by atoms with Gasteiger partial charge in [0.25, 0.3) is 5.91 Å². The lowest BCUT2D eigenvalue weighted by atomic mass is 10.4. The van der Waals surface area contributed by atoms with Gasteiger partial charge in [0.1, 0.15) is 10.0 Å². The van der Waals surface area contributed by atoms with Crippen molar-refractivity contribution in [2.45, 2.75) is 17.4 Å². The number of thioether (sulfide) groups is 1. The smallest absolute Gasteiger partial charge is 0.271 e. The van der Waals surface area contributed by atoms with Crippen molar-refractivity contribution in [3.8, 4) is 0 Å². The van der Waals surface area contributed by atoms with Gasteiger partial charge >= 0.3 is 0 Å². The Morgan fingerprint density at radius 1 is 1.60 bits per heavy atom. The van der Waals surface area contributed by atoms with E-state index in [-0.39, 0.29) is 5.91 Å². The monoisotopic (exact) mass is 312 g/mol. The molecule has 2 aromatic heterocycles. The minimum absolute atomic E-state index is 0.166. The number of carbonyl (C=O) groups excluding carboxylic acids is 1. The lowest BCUT2D eigenvalue weighted by molar-refractivity contribution is 0.0945. The predicted octanol–water partition coefficient (Wildman–Crippen LogP) is 1.64. The van der Waals surface area contributed by atoms with Crippen LogP contribution < -0.4 is 5.32 Å². The number of nitrogens with zero attached hydrogens (tertiary/aromatic N) is 3. The average molecular weight is 312 g/mol. The zero-order valence-electron chi connectivity index (χ0n) is 11.3. The van der Waals surface area contributed by atoms with Gasteiger partial charge in [-0.3, -0.25) is 4.79 Å². The molecule has 1 amide bonds. The van der Waals surface area contributed by atoms with E-state index in [1.807, 2.05) is 10.8 Å². The molecule has 20 heavy (non-hydrogen) atoms. The van der Waals surface area contributed by atoms with Crippen LogP contribution in [-0.2, 0) is 17.8 Å². The number of amides is 1. The van der Waals surface area contributed by atoms with E-state index in [9.17, 15) is 4.79 Å². The van der Waals surface area contributed by atoms with Gasteiger partial charge in [-0.2, -0.15) is 0 Å². The number of ether oxygens (including phenoxy) is 1. The molecule has 0 aliphatic carbocycles. The number of imidazole rings is 1. The summed E-state index contributed by atoms with van der Waals surface area (Å²) < 4.78 is 7.88. The maximum Gasteiger partial charge on any atom is 0.271 e. The molecular weight excluding hydrogens is 296 g/mol. The number of methoxy groups -OCH3 is 1. The van der Waals surface area contributed by atoms with Crippen LogP contribution in [0.25, 0.3) is 0 Å². The van der Waals surface area contributed by atoms with Crippen LogP contribution in [0.15, 0.2) is 22.2 Å². The third-order valence-corrected chi connectivity index (χ3v) is 4.52. The standard InChI is InChI=1S/C12H16N4O2S2/c1-18-4-3-16-8-13-5-9(16)6-14-11(17)10-7-20-12(15-10)19-2/h5,7-8H,3-4,6H2,1-2H3,(H,14,17). The molecule has 8 heteroatoms.